The predicted molar refractivity (Wildman–Crippen MR) is 61.8 cm³/mol. The zero-order valence-corrected chi connectivity index (χ0v) is 9.79. The van der Waals surface area contributed by atoms with Crippen molar-refractivity contribution in [3.8, 4) is 5.75 Å². The van der Waals surface area contributed by atoms with Gasteiger partial charge in [0.1, 0.15) is 12.4 Å². The van der Waals surface area contributed by atoms with Crippen molar-refractivity contribution in [2.24, 2.45) is 0 Å². The van der Waals surface area contributed by atoms with E-state index in [0.29, 0.717) is 23.9 Å². The number of nitrogens with one attached hydrogen (secondary N) is 1. The molecule has 0 saturated carbocycles. The molecule has 0 aromatic heterocycles. The predicted octanol–water partition coefficient (Wildman–Crippen LogP) is 1.48. The van der Waals surface area contributed by atoms with Crippen LogP contribution in [-0.2, 0) is 9.53 Å². The number of halogens is 1. The Morgan fingerprint density at radius 3 is 2.69 bits per heavy atom. The van der Waals surface area contributed by atoms with E-state index >= 15 is 0 Å². The van der Waals surface area contributed by atoms with Crippen molar-refractivity contribution in [2.45, 2.75) is 0 Å². The largest absolute Gasteiger partial charge is 0.482 e. The van der Waals surface area contributed by atoms with Crippen LogP contribution in [0.3, 0.4) is 0 Å². The van der Waals surface area contributed by atoms with Gasteiger partial charge in [0, 0.05) is 11.6 Å². The monoisotopic (exact) mass is 243 g/mol. The zero-order chi connectivity index (χ0) is 11.8. The summed E-state index contributed by atoms with van der Waals surface area (Å²) in [5.41, 5.74) is 0. The van der Waals surface area contributed by atoms with Crippen molar-refractivity contribution in [2.75, 3.05) is 26.8 Å². The average molecular weight is 244 g/mol. The number of carbonyl (C=O) groups excluding carboxylic acids is 1. The maximum absolute atomic E-state index is 11.2. The zero-order valence-electron chi connectivity index (χ0n) is 9.03. The van der Waals surface area contributed by atoms with E-state index in [0.717, 1.165) is 0 Å². The lowest BCUT2D eigenvalue weighted by Gasteiger charge is -2.06. The molecule has 0 heterocycles. The lowest BCUT2D eigenvalue weighted by molar-refractivity contribution is -0.145. The summed E-state index contributed by atoms with van der Waals surface area (Å²) in [5.74, 6) is 0.208. The molecule has 0 spiro atoms. The van der Waals surface area contributed by atoms with E-state index in [4.69, 9.17) is 21.1 Å². The first-order valence-corrected chi connectivity index (χ1v) is 5.29. The topological polar surface area (TPSA) is 47.6 Å². The van der Waals surface area contributed by atoms with Gasteiger partial charge in [0.2, 0.25) is 0 Å². The van der Waals surface area contributed by atoms with E-state index in [1.54, 1.807) is 31.3 Å². The summed E-state index contributed by atoms with van der Waals surface area (Å²) in [6.45, 7) is 0.886. The molecule has 0 aliphatic rings. The summed E-state index contributed by atoms with van der Waals surface area (Å²) in [6.07, 6.45) is 0. The van der Waals surface area contributed by atoms with Crippen LogP contribution in [0.5, 0.6) is 5.75 Å². The van der Waals surface area contributed by atoms with Gasteiger partial charge in [0.15, 0.2) is 6.61 Å². The number of hydrogen-bond donors (Lipinski definition) is 1. The molecule has 0 saturated heterocycles. The maximum Gasteiger partial charge on any atom is 0.344 e. The fraction of sp³-hybridized carbons (Fsp3) is 0.364. The van der Waals surface area contributed by atoms with E-state index < -0.39 is 0 Å². The van der Waals surface area contributed by atoms with Gasteiger partial charge in [-0.1, -0.05) is 11.6 Å². The lowest BCUT2D eigenvalue weighted by atomic mass is 10.3. The fourth-order valence-corrected chi connectivity index (χ4v) is 1.11. The molecule has 16 heavy (non-hydrogen) atoms. The maximum atomic E-state index is 11.2. The normalized spacial score (nSPS) is 9.88. The molecule has 1 aromatic carbocycles. The molecule has 0 aliphatic heterocycles. The van der Waals surface area contributed by atoms with Crippen LogP contribution in [-0.4, -0.2) is 32.8 Å². The van der Waals surface area contributed by atoms with Crippen molar-refractivity contribution in [3.63, 3.8) is 0 Å². The molecule has 0 bridgehead atoms. The number of ether oxygens (including phenoxy) is 2. The molecule has 5 heteroatoms. The van der Waals surface area contributed by atoms with Gasteiger partial charge < -0.3 is 14.8 Å². The molecule has 0 radical (unpaired) electrons. The Morgan fingerprint density at radius 1 is 1.38 bits per heavy atom. The molecule has 1 rings (SSSR count). The second-order valence-corrected chi connectivity index (χ2v) is 3.50. The Labute approximate surface area is 99.5 Å². The van der Waals surface area contributed by atoms with Crippen LogP contribution in [0.25, 0.3) is 0 Å². The number of benzene rings is 1. The van der Waals surface area contributed by atoms with Gasteiger partial charge in [-0.15, -0.1) is 0 Å². The Kier molecular flexibility index (Phi) is 5.67. The molecule has 0 atom stereocenters. The third kappa shape index (κ3) is 5.00. The Balaban J connectivity index is 2.23. The van der Waals surface area contributed by atoms with Crippen LogP contribution in [0, 0.1) is 0 Å². The van der Waals surface area contributed by atoms with Crippen LogP contribution in [0.2, 0.25) is 5.02 Å². The SMILES string of the molecule is CNCCOC(=O)COc1ccc(Cl)cc1. The van der Waals surface area contributed by atoms with E-state index in [1.165, 1.54) is 0 Å². The first-order chi connectivity index (χ1) is 7.72. The van der Waals surface area contributed by atoms with Crippen LogP contribution < -0.4 is 10.1 Å². The van der Waals surface area contributed by atoms with E-state index in [1.807, 2.05) is 0 Å². The standard InChI is InChI=1S/C11H14ClNO3/c1-13-6-7-15-11(14)8-16-10-4-2-9(12)3-5-10/h2-5,13H,6-8H2,1H3. The number of esters is 1. The molecule has 88 valence electrons. The minimum Gasteiger partial charge on any atom is -0.482 e. The summed E-state index contributed by atoms with van der Waals surface area (Å²) in [7, 11) is 1.79. The third-order valence-electron chi connectivity index (χ3n) is 1.79. The highest BCUT2D eigenvalue weighted by Gasteiger charge is 2.03. The molecular weight excluding hydrogens is 230 g/mol. The van der Waals surface area contributed by atoms with Gasteiger partial charge in [-0.3, -0.25) is 0 Å². The minimum absolute atomic E-state index is 0.0919. The van der Waals surface area contributed by atoms with Crippen molar-refractivity contribution in [1.82, 2.24) is 5.32 Å². The van der Waals surface area contributed by atoms with Gasteiger partial charge in [0.25, 0.3) is 0 Å². The Bertz CT molecular complexity index is 327. The highest BCUT2D eigenvalue weighted by atomic mass is 35.5. The van der Waals surface area contributed by atoms with Crippen molar-refractivity contribution >= 4 is 17.6 Å². The Hall–Kier alpha value is -1.26. The molecule has 1 aromatic rings. The molecule has 0 aliphatic carbocycles. The number of likely N-dealkylation sites (N-methyl/N-ethyl adjacent to an activating group) is 1. The molecular formula is C11H14ClNO3. The third-order valence-corrected chi connectivity index (χ3v) is 2.04. The smallest absolute Gasteiger partial charge is 0.344 e. The Morgan fingerprint density at radius 2 is 2.06 bits per heavy atom. The molecule has 1 N–H and O–H groups in total. The second-order valence-electron chi connectivity index (χ2n) is 3.07. The first-order valence-electron chi connectivity index (χ1n) is 4.91. The lowest BCUT2D eigenvalue weighted by Crippen LogP contribution is -2.21. The van der Waals surface area contributed by atoms with Crippen LogP contribution in [0.4, 0.5) is 0 Å². The van der Waals surface area contributed by atoms with Crippen LogP contribution >= 0.6 is 11.6 Å². The van der Waals surface area contributed by atoms with Gasteiger partial charge >= 0.3 is 5.97 Å². The minimum atomic E-state index is -0.384. The summed E-state index contributed by atoms with van der Waals surface area (Å²) in [5, 5.41) is 3.50. The summed E-state index contributed by atoms with van der Waals surface area (Å²) < 4.78 is 10.1. The molecule has 0 amide bonds. The molecule has 0 unspecified atom stereocenters. The van der Waals surface area contributed by atoms with Gasteiger partial charge in [-0.2, -0.15) is 0 Å². The van der Waals surface area contributed by atoms with E-state index in [9.17, 15) is 4.79 Å². The molecule has 4 nitrogen and oxygen atoms in total. The summed E-state index contributed by atoms with van der Waals surface area (Å²) in [4.78, 5) is 11.2. The number of hydrogen-bond acceptors (Lipinski definition) is 4. The highest BCUT2D eigenvalue weighted by molar-refractivity contribution is 6.30. The van der Waals surface area contributed by atoms with Crippen molar-refractivity contribution in [1.29, 1.82) is 0 Å². The van der Waals surface area contributed by atoms with E-state index in [-0.39, 0.29) is 12.6 Å². The van der Waals surface area contributed by atoms with Crippen LogP contribution in [0.15, 0.2) is 24.3 Å². The van der Waals surface area contributed by atoms with Crippen LogP contribution in [0.1, 0.15) is 0 Å². The summed E-state index contributed by atoms with van der Waals surface area (Å²) in [6, 6.07) is 6.79. The average Bonchev–Trinajstić information content (AvgIpc) is 2.29. The second kappa shape index (κ2) is 7.09. The first kappa shape index (κ1) is 12.8. The fourth-order valence-electron chi connectivity index (χ4n) is 0.982. The highest BCUT2D eigenvalue weighted by Crippen LogP contribution is 2.15. The summed E-state index contributed by atoms with van der Waals surface area (Å²) >= 11 is 5.70. The van der Waals surface area contributed by atoms with E-state index in [2.05, 4.69) is 5.32 Å². The van der Waals surface area contributed by atoms with Gasteiger partial charge in [0.05, 0.1) is 0 Å². The molecule has 0 fully saturated rings. The van der Waals surface area contributed by atoms with Gasteiger partial charge in [-0.05, 0) is 31.3 Å². The number of rotatable bonds is 6. The number of carbonyl (C=O) groups is 1. The van der Waals surface area contributed by atoms with Gasteiger partial charge in [-0.25, -0.2) is 4.79 Å². The van der Waals surface area contributed by atoms with Crippen molar-refractivity contribution in [3.05, 3.63) is 29.3 Å². The van der Waals surface area contributed by atoms with Crippen molar-refractivity contribution < 1.29 is 14.3 Å². The quantitative estimate of drug-likeness (QED) is 0.607.